The third-order valence-electron chi connectivity index (χ3n) is 3.24. The fourth-order valence-electron chi connectivity index (χ4n) is 1.84. The quantitative estimate of drug-likeness (QED) is 0.884. The van der Waals surface area contributed by atoms with Gasteiger partial charge in [0.15, 0.2) is 5.13 Å². The molecule has 0 aliphatic heterocycles. The van der Waals surface area contributed by atoms with E-state index < -0.39 is 0 Å². The molecule has 3 rings (SSSR count). The summed E-state index contributed by atoms with van der Waals surface area (Å²) in [6, 6.07) is 1.93. The van der Waals surface area contributed by atoms with Crippen LogP contribution in [0.2, 0.25) is 0 Å². The molecule has 5 heteroatoms. The number of anilines is 1. The van der Waals surface area contributed by atoms with Crippen molar-refractivity contribution in [3.05, 3.63) is 23.8 Å². The van der Waals surface area contributed by atoms with E-state index in [1.807, 2.05) is 19.2 Å². The van der Waals surface area contributed by atoms with Crippen LogP contribution in [-0.2, 0) is 5.41 Å². The Morgan fingerprint density at radius 1 is 1.35 bits per heavy atom. The molecule has 0 saturated heterocycles. The van der Waals surface area contributed by atoms with Crippen LogP contribution < -0.4 is 5.73 Å². The summed E-state index contributed by atoms with van der Waals surface area (Å²) < 4.78 is 0. The first-order valence-electron chi connectivity index (χ1n) is 5.65. The Morgan fingerprint density at radius 2 is 2.12 bits per heavy atom. The van der Waals surface area contributed by atoms with Gasteiger partial charge in [0.2, 0.25) is 0 Å². The highest BCUT2D eigenvalue weighted by Crippen LogP contribution is 2.46. The van der Waals surface area contributed by atoms with E-state index in [0.717, 1.165) is 22.1 Å². The minimum atomic E-state index is 0.195. The second kappa shape index (κ2) is 3.50. The van der Waals surface area contributed by atoms with Crippen LogP contribution in [0.1, 0.15) is 31.3 Å². The Labute approximate surface area is 104 Å². The summed E-state index contributed by atoms with van der Waals surface area (Å²) in [4.78, 5) is 14.3. The average Bonchev–Trinajstić information content (AvgIpc) is 2.97. The molecule has 0 bridgehead atoms. The Bertz CT molecular complexity index is 572. The van der Waals surface area contributed by atoms with Gasteiger partial charge in [0, 0.05) is 11.6 Å². The largest absolute Gasteiger partial charge is 0.375 e. The van der Waals surface area contributed by atoms with Crippen molar-refractivity contribution < 1.29 is 0 Å². The highest BCUT2D eigenvalue weighted by atomic mass is 32.1. The SMILES string of the molecule is Cc1nc(N)sc1-c1ccnc(C2(C)CC2)n1. The maximum atomic E-state index is 5.72. The molecule has 17 heavy (non-hydrogen) atoms. The van der Waals surface area contributed by atoms with Gasteiger partial charge in [0.1, 0.15) is 5.82 Å². The van der Waals surface area contributed by atoms with Crippen LogP contribution in [0.3, 0.4) is 0 Å². The predicted octanol–water partition coefficient (Wildman–Crippen LogP) is 2.54. The summed E-state index contributed by atoms with van der Waals surface area (Å²) in [6.45, 7) is 4.17. The first kappa shape index (κ1) is 10.7. The Balaban J connectivity index is 2.06. The predicted molar refractivity (Wildman–Crippen MR) is 68.9 cm³/mol. The third-order valence-corrected chi connectivity index (χ3v) is 4.25. The smallest absolute Gasteiger partial charge is 0.180 e. The van der Waals surface area contributed by atoms with E-state index in [1.165, 1.54) is 24.2 Å². The monoisotopic (exact) mass is 246 g/mol. The molecule has 0 unspecified atom stereocenters. The van der Waals surface area contributed by atoms with Gasteiger partial charge in [-0.25, -0.2) is 15.0 Å². The molecule has 0 radical (unpaired) electrons. The molecule has 4 nitrogen and oxygen atoms in total. The van der Waals surface area contributed by atoms with Crippen molar-refractivity contribution in [3.63, 3.8) is 0 Å². The fourth-order valence-corrected chi connectivity index (χ4v) is 2.65. The highest BCUT2D eigenvalue weighted by Gasteiger charge is 2.42. The first-order valence-corrected chi connectivity index (χ1v) is 6.47. The zero-order valence-electron chi connectivity index (χ0n) is 9.90. The lowest BCUT2D eigenvalue weighted by Gasteiger charge is -2.07. The summed E-state index contributed by atoms with van der Waals surface area (Å²) in [7, 11) is 0. The van der Waals surface area contributed by atoms with Gasteiger partial charge >= 0.3 is 0 Å². The molecule has 2 heterocycles. The molecule has 1 aliphatic rings. The van der Waals surface area contributed by atoms with Crippen LogP contribution in [0, 0.1) is 6.92 Å². The van der Waals surface area contributed by atoms with Gasteiger partial charge in [-0.3, -0.25) is 0 Å². The summed E-state index contributed by atoms with van der Waals surface area (Å²) in [6.07, 6.45) is 4.19. The molecule has 1 saturated carbocycles. The Hall–Kier alpha value is -1.49. The van der Waals surface area contributed by atoms with Crippen molar-refractivity contribution in [2.45, 2.75) is 32.1 Å². The number of nitrogens with two attached hydrogens (primary N) is 1. The van der Waals surface area contributed by atoms with E-state index in [9.17, 15) is 0 Å². The van der Waals surface area contributed by atoms with E-state index in [2.05, 4.69) is 21.9 Å². The molecule has 1 fully saturated rings. The third kappa shape index (κ3) is 1.80. The van der Waals surface area contributed by atoms with E-state index in [-0.39, 0.29) is 5.41 Å². The fraction of sp³-hybridized carbons (Fsp3) is 0.417. The maximum Gasteiger partial charge on any atom is 0.180 e. The number of hydrogen-bond acceptors (Lipinski definition) is 5. The first-order chi connectivity index (χ1) is 8.08. The van der Waals surface area contributed by atoms with E-state index in [0.29, 0.717) is 5.13 Å². The topological polar surface area (TPSA) is 64.7 Å². The summed E-state index contributed by atoms with van der Waals surface area (Å²) in [5.41, 5.74) is 7.79. The van der Waals surface area contributed by atoms with Crippen LogP contribution >= 0.6 is 11.3 Å². The average molecular weight is 246 g/mol. The van der Waals surface area contributed by atoms with Crippen LogP contribution in [0.25, 0.3) is 10.6 Å². The molecule has 88 valence electrons. The standard InChI is InChI=1S/C12H14N4S/c1-7-9(17-11(13)15-7)8-3-6-14-10(16-8)12(2)4-5-12/h3,6H,4-5H2,1-2H3,(H2,13,15). The van der Waals surface area contributed by atoms with Crippen molar-refractivity contribution in [1.82, 2.24) is 15.0 Å². The molecule has 2 aromatic heterocycles. The van der Waals surface area contributed by atoms with Gasteiger partial charge in [0.25, 0.3) is 0 Å². The molecule has 2 N–H and O–H groups in total. The number of hydrogen-bond donors (Lipinski definition) is 1. The van der Waals surface area contributed by atoms with Gasteiger partial charge in [0.05, 0.1) is 16.3 Å². The number of rotatable bonds is 2. The zero-order chi connectivity index (χ0) is 12.0. The van der Waals surface area contributed by atoms with Crippen LogP contribution in [0.4, 0.5) is 5.13 Å². The second-order valence-electron chi connectivity index (χ2n) is 4.79. The van der Waals surface area contributed by atoms with Crippen molar-refractivity contribution in [2.75, 3.05) is 5.73 Å². The van der Waals surface area contributed by atoms with Crippen molar-refractivity contribution in [3.8, 4) is 10.6 Å². The molecule has 2 aromatic rings. The van der Waals surface area contributed by atoms with E-state index in [1.54, 1.807) is 0 Å². The van der Waals surface area contributed by atoms with Crippen LogP contribution in [0.15, 0.2) is 12.3 Å². The number of aryl methyl sites for hydroxylation is 1. The minimum Gasteiger partial charge on any atom is -0.375 e. The normalized spacial score (nSPS) is 17.1. The lowest BCUT2D eigenvalue weighted by molar-refractivity contribution is 0.710. The van der Waals surface area contributed by atoms with Gasteiger partial charge < -0.3 is 5.73 Å². The van der Waals surface area contributed by atoms with Crippen molar-refractivity contribution in [2.24, 2.45) is 0 Å². The molecular weight excluding hydrogens is 232 g/mol. The molecule has 1 aliphatic carbocycles. The van der Waals surface area contributed by atoms with Gasteiger partial charge in [-0.1, -0.05) is 18.3 Å². The zero-order valence-corrected chi connectivity index (χ0v) is 10.7. The minimum absolute atomic E-state index is 0.195. The van der Waals surface area contributed by atoms with Crippen molar-refractivity contribution in [1.29, 1.82) is 0 Å². The summed E-state index contributed by atoms with van der Waals surface area (Å²) in [5.74, 6) is 0.946. The number of nitrogens with zero attached hydrogens (tertiary/aromatic N) is 3. The van der Waals surface area contributed by atoms with Gasteiger partial charge in [-0.05, 0) is 25.8 Å². The lowest BCUT2D eigenvalue weighted by Crippen LogP contribution is -2.06. The Morgan fingerprint density at radius 3 is 2.71 bits per heavy atom. The van der Waals surface area contributed by atoms with Crippen LogP contribution in [0.5, 0.6) is 0 Å². The number of thiazole rings is 1. The molecular formula is C12H14N4S. The summed E-state index contributed by atoms with van der Waals surface area (Å²) in [5, 5.41) is 0.593. The summed E-state index contributed by atoms with van der Waals surface area (Å²) >= 11 is 1.48. The molecule has 0 atom stereocenters. The molecule has 0 spiro atoms. The molecule has 0 amide bonds. The highest BCUT2D eigenvalue weighted by molar-refractivity contribution is 7.18. The second-order valence-corrected chi connectivity index (χ2v) is 5.82. The molecule has 0 aromatic carbocycles. The van der Waals surface area contributed by atoms with Crippen LogP contribution in [-0.4, -0.2) is 15.0 Å². The van der Waals surface area contributed by atoms with Gasteiger partial charge in [-0.15, -0.1) is 0 Å². The number of aromatic nitrogens is 3. The van der Waals surface area contributed by atoms with E-state index in [4.69, 9.17) is 5.73 Å². The Kier molecular flexibility index (Phi) is 2.19. The van der Waals surface area contributed by atoms with Gasteiger partial charge in [-0.2, -0.15) is 0 Å². The van der Waals surface area contributed by atoms with E-state index >= 15 is 0 Å². The number of nitrogen functional groups attached to an aromatic ring is 1. The lowest BCUT2D eigenvalue weighted by atomic mass is 10.1. The maximum absolute atomic E-state index is 5.72. The van der Waals surface area contributed by atoms with Crippen molar-refractivity contribution >= 4 is 16.5 Å².